The normalized spacial score (nSPS) is 38.0. The highest BCUT2D eigenvalue weighted by molar-refractivity contribution is 8.05. The molecule has 21 heavy (non-hydrogen) atoms. The van der Waals surface area contributed by atoms with Crippen LogP contribution in [0.4, 0.5) is 0 Å². The van der Waals surface area contributed by atoms with E-state index < -0.39 is 0 Å². The third-order valence-electron chi connectivity index (χ3n) is 5.08. The Morgan fingerprint density at radius 3 is 2.19 bits per heavy atom. The molecule has 0 unspecified atom stereocenters. The summed E-state index contributed by atoms with van der Waals surface area (Å²) in [6, 6.07) is 0. The average Bonchev–Trinajstić information content (AvgIpc) is 2.40. The Kier molecular flexibility index (Phi) is 4.25. The topological polar surface area (TPSA) is 46.2 Å². The third-order valence-corrected chi connectivity index (χ3v) is 6.48. The van der Waals surface area contributed by atoms with Crippen molar-refractivity contribution in [2.75, 3.05) is 0 Å². The van der Waals surface area contributed by atoms with Crippen molar-refractivity contribution in [3.05, 3.63) is 23.3 Å². The monoisotopic (exact) mass is 305 g/mol. The Labute approximate surface area is 130 Å². The molecule has 4 bridgehead atoms. The number of thioether (sulfide) groups is 1. The molecule has 4 fully saturated rings. The van der Waals surface area contributed by atoms with Crippen LogP contribution >= 0.6 is 11.8 Å². The fourth-order valence-electron chi connectivity index (χ4n) is 4.81. The summed E-state index contributed by atoms with van der Waals surface area (Å²) in [5.41, 5.74) is 0. The largest absolute Gasteiger partial charge is 0.333 e. The van der Waals surface area contributed by atoms with Crippen LogP contribution in [0.25, 0.3) is 0 Å². The van der Waals surface area contributed by atoms with Crippen molar-refractivity contribution in [3.8, 4) is 0 Å². The van der Waals surface area contributed by atoms with Crippen molar-refractivity contribution < 1.29 is 9.59 Å². The van der Waals surface area contributed by atoms with Crippen LogP contribution in [0.15, 0.2) is 23.3 Å². The Morgan fingerprint density at radius 2 is 1.71 bits per heavy atom. The molecule has 0 saturated heterocycles. The van der Waals surface area contributed by atoms with Gasteiger partial charge in [-0.1, -0.05) is 0 Å². The standard InChI is InChI=1S/C17H23NO2S/c1-12(20)18-4-2-3-16(11-19)21-17-8-13-5-14(9-17)7-15(6-13)10-17/h2-4,11,13-15H,5-10H2,1H3,(H,18,20)/b4-2+,16-3-. The molecule has 0 radical (unpaired) electrons. The van der Waals surface area contributed by atoms with Gasteiger partial charge in [-0.05, 0) is 68.4 Å². The number of carbonyl (C=O) groups is 2. The molecule has 0 spiro atoms. The molecule has 0 aromatic heterocycles. The van der Waals surface area contributed by atoms with Crippen molar-refractivity contribution in [2.24, 2.45) is 17.8 Å². The number of amides is 1. The van der Waals surface area contributed by atoms with Crippen LogP contribution in [-0.4, -0.2) is 16.9 Å². The van der Waals surface area contributed by atoms with Gasteiger partial charge >= 0.3 is 0 Å². The van der Waals surface area contributed by atoms with E-state index in [1.807, 2.05) is 6.08 Å². The van der Waals surface area contributed by atoms with Gasteiger partial charge in [-0.25, -0.2) is 0 Å². The molecular weight excluding hydrogens is 282 g/mol. The van der Waals surface area contributed by atoms with E-state index in [9.17, 15) is 9.59 Å². The molecule has 0 aromatic rings. The van der Waals surface area contributed by atoms with Gasteiger partial charge in [-0.15, -0.1) is 11.8 Å². The first-order valence-corrected chi connectivity index (χ1v) is 8.68. The van der Waals surface area contributed by atoms with Gasteiger partial charge in [0.2, 0.25) is 5.91 Å². The van der Waals surface area contributed by atoms with Crippen LogP contribution in [0.3, 0.4) is 0 Å². The highest BCUT2D eigenvalue weighted by Gasteiger charge is 2.51. The SMILES string of the molecule is CC(=O)N/C=C/C=C(/C=O)SC12CC3CC(CC(C3)C1)C2. The second kappa shape index (κ2) is 5.99. The molecule has 4 aliphatic carbocycles. The minimum atomic E-state index is -0.0963. The lowest BCUT2D eigenvalue weighted by molar-refractivity contribution is -0.118. The van der Waals surface area contributed by atoms with E-state index in [0.29, 0.717) is 4.75 Å². The predicted octanol–water partition coefficient (Wildman–Crippen LogP) is 3.42. The zero-order chi connectivity index (χ0) is 14.9. The number of hydrogen-bond donors (Lipinski definition) is 1. The summed E-state index contributed by atoms with van der Waals surface area (Å²) in [6.45, 7) is 1.47. The maximum absolute atomic E-state index is 11.3. The number of allylic oxidation sites excluding steroid dienone is 3. The van der Waals surface area contributed by atoms with Gasteiger partial charge in [-0.2, -0.15) is 0 Å². The van der Waals surface area contributed by atoms with Crippen LogP contribution in [0.5, 0.6) is 0 Å². The van der Waals surface area contributed by atoms with E-state index in [1.54, 1.807) is 24.0 Å². The Balaban J connectivity index is 1.66. The molecule has 0 atom stereocenters. The lowest BCUT2D eigenvalue weighted by atomic mass is 9.56. The van der Waals surface area contributed by atoms with Gasteiger partial charge in [0.1, 0.15) is 0 Å². The van der Waals surface area contributed by atoms with Crippen LogP contribution in [0.1, 0.15) is 45.4 Å². The van der Waals surface area contributed by atoms with E-state index in [2.05, 4.69) is 5.32 Å². The molecule has 0 aliphatic heterocycles. The fourth-order valence-corrected chi connectivity index (χ4v) is 6.46. The second-order valence-electron chi connectivity index (χ2n) is 6.95. The summed E-state index contributed by atoms with van der Waals surface area (Å²) < 4.78 is 0.309. The van der Waals surface area contributed by atoms with Gasteiger partial charge < -0.3 is 5.32 Å². The molecule has 4 saturated carbocycles. The van der Waals surface area contributed by atoms with Crippen LogP contribution in [0.2, 0.25) is 0 Å². The molecule has 1 N–H and O–H groups in total. The Bertz CT molecular complexity index is 460. The van der Waals surface area contributed by atoms with Gasteiger partial charge in [0, 0.05) is 22.8 Å². The van der Waals surface area contributed by atoms with Crippen molar-refractivity contribution >= 4 is 24.0 Å². The first-order chi connectivity index (χ1) is 10.1. The summed E-state index contributed by atoms with van der Waals surface area (Å²) >= 11 is 1.79. The number of nitrogens with one attached hydrogen (secondary N) is 1. The average molecular weight is 305 g/mol. The van der Waals surface area contributed by atoms with Crippen molar-refractivity contribution in [2.45, 2.75) is 50.2 Å². The zero-order valence-corrected chi connectivity index (χ0v) is 13.3. The third kappa shape index (κ3) is 3.42. The lowest BCUT2D eigenvalue weighted by Crippen LogP contribution is -2.48. The molecule has 4 aliphatic rings. The number of aldehydes is 1. The van der Waals surface area contributed by atoms with Crippen molar-refractivity contribution in [1.82, 2.24) is 5.32 Å². The second-order valence-corrected chi connectivity index (χ2v) is 8.49. The molecular formula is C17H23NO2S. The number of hydrogen-bond acceptors (Lipinski definition) is 3. The van der Waals surface area contributed by atoms with E-state index in [1.165, 1.54) is 45.4 Å². The van der Waals surface area contributed by atoms with Crippen LogP contribution < -0.4 is 5.32 Å². The van der Waals surface area contributed by atoms with E-state index in [0.717, 1.165) is 28.9 Å². The maximum atomic E-state index is 11.3. The Morgan fingerprint density at radius 1 is 1.14 bits per heavy atom. The molecule has 1 amide bonds. The summed E-state index contributed by atoms with van der Waals surface area (Å²) in [5, 5.41) is 2.60. The zero-order valence-electron chi connectivity index (χ0n) is 12.5. The minimum absolute atomic E-state index is 0.0963. The number of rotatable bonds is 5. The highest BCUT2D eigenvalue weighted by Crippen LogP contribution is 2.61. The summed E-state index contributed by atoms with van der Waals surface area (Å²) in [7, 11) is 0. The molecule has 3 nitrogen and oxygen atoms in total. The molecule has 0 heterocycles. The summed E-state index contributed by atoms with van der Waals surface area (Å²) in [4.78, 5) is 22.9. The van der Waals surface area contributed by atoms with E-state index >= 15 is 0 Å². The predicted molar refractivity (Wildman–Crippen MR) is 85.6 cm³/mol. The summed E-state index contributed by atoms with van der Waals surface area (Å²) in [6.07, 6.45) is 14.2. The lowest BCUT2D eigenvalue weighted by Gasteiger charge is -2.56. The fraction of sp³-hybridized carbons (Fsp3) is 0.647. The van der Waals surface area contributed by atoms with E-state index in [4.69, 9.17) is 0 Å². The molecule has 0 aromatic carbocycles. The van der Waals surface area contributed by atoms with Gasteiger partial charge in [0.15, 0.2) is 6.29 Å². The van der Waals surface area contributed by atoms with E-state index in [-0.39, 0.29) is 5.91 Å². The Hall–Kier alpha value is -1.03. The minimum Gasteiger partial charge on any atom is -0.333 e. The first kappa shape index (κ1) is 14.9. The number of carbonyl (C=O) groups excluding carboxylic acids is 2. The summed E-state index contributed by atoms with van der Waals surface area (Å²) in [5.74, 6) is 2.59. The smallest absolute Gasteiger partial charge is 0.220 e. The van der Waals surface area contributed by atoms with Crippen LogP contribution in [0, 0.1) is 17.8 Å². The van der Waals surface area contributed by atoms with Crippen molar-refractivity contribution in [3.63, 3.8) is 0 Å². The first-order valence-electron chi connectivity index (χ1n) is 7.87. The van der Waals surface area contributed by atoms with Gasteiger partial charge in [0.05, 0.1) is 0 Å². The molecule has 4 heteroatoms. The van der Waals surface area contributed by atoms with Crippen molar-refractivity contribution in [1.29, 1.82) is 0 Å². The molecule has 114 valence electrons. The quantitative estimate of drug-likeness (QED) is 0.481. The van der Waals surface area contributed by atoms with Gasteiger partial charge in [0.25, 0.3) is 0 Å². The van der Waals surface area contributed by atoms with Gasteiger partial charge in [-0.3, -0.25) is 9.59 Å². The maximum Gasteiger partial charge on any atom is 0.220 e. The van der Waals surface area contributed by atoms with Crippen LogP contribution in [-0.2, 0) is 9.59 Å². The molecule has 4 rings (SSSR count). The highest BCUT2D eigenvalue weighted by atomic mass is 32.2.